The lowest BCUT2D eigenvalue weighted by Gasteiger charge is -2.21. The fraction of sp³-hybridized carbons (Fsp3) is 0.949. The average Bonchev–Trinajstić information content (AvgIpc) is 1.13. The molecule has 0 saturated heterocycles. The number of phosphoric acid groups is 2. The summed E-state index contributed by atoms with van der Waals surface area (Å²) in [5.41, 5.74) is 0. The molecule has 0 radical (unpaired) electrons. The first kappa shape index (κ1) is 95.1. The van der Waals surface area contributed by atoms with E-state index in [2.05, 4.69) is 48.5 Å². The number of unbranched alkanes of at least 4 members (excludes halogenated alkanes) is 42. The van der Waals surface area contributed by atoms with Crippen LogP contribution in [0.25, 0.3) is 0 Å². The van der Waals surface area contributed by atoms with Crippen LogP contribution in [-0.2, 0) is 65.4 Å². The fourth-order valence-corrected chi connectivity index (χ4v) is 13.5. The van der Waals surface area contributed by atoms with Crippen LogP contribution in [0.15, 0.2) is 0 Å². The van der Waals surface area contributed by atoms with Gasteiger partial charge in [0.1, 0.15) is 19.3 Å². The van der Waals surface area contributed by atoms with Crippen LogP contribution in [0.3, 0.4) is 0 Å². The second-order valence-electron chi connectivity index (χ2n) is 29.1. The summed E-state index contributed by atoms with van der Waals surface area (Å²) < 4.78 is 68.6. The molecule has 0 aromatic heterocycles. The van der Waals surface area contributed by atoms with Gasteiger partial charge < -0.3 is 33.8 Å². The van der Waals surface area contributed by atoms with Gasteiger partial charge in [0.05, 0.1) is 26.4 Å². The van der Waals surface area contributed by atoms with E-state index < -0.39 is 97.5 Å². The molecule has 0 aromatic rings. The SMILES string of the molecule is CCCCCCCCCCCCCCCCC(=O)O[C@H](COC(=O)CCCCCCCCC(C)CC)COP(=O)(O)OC[C@H](O)COP(=O)(O)OC[C@@H](COC(=O)CCCCCCCCCCCCCCC(C)C)OC(=O)CCCCCCCCCCCCCCCCC(C)CC. The quantitative estimate of drug-likeness (QED) is 0.0222. The summed E-state index contributed by atoms with van der Waals surface area (Å²) >= 11 is 0. The number of esters is 4. The van der Waals surface area contributed by atoms with E-state index in [1.165, 1.54) is 205 Å². The number of carbonyl (C=O) groups excluding carboxylic acids is 4. The van der Waals surface area contributed by atoms with Gasteiger partial charge in [-0.1, -0.05) is 350 Å². The predicted molar refractivity (Wildman–Crippen MR) is 395 cm³/mol. The smallest absolute Gasteiger partial charge is 0.462 e. The molecule has 0 aliphatic rings. The van der Waals surface area contributed by atoms with Crippen molar-refractivity contribution in [3.63, 3.8) is 0 Å². The van der Waals surface area contributed by atoms with Crippen LogP contribution < -0.4 is 0 Å². The summed E-state index contributed by atoms with van der Waals surface area (Å²) in [5.74, 6) is 0.244. The number of aliphatic hydroxyl groups is 1. The first-order valence-corrected chi connectivity index (χ1v) is 43.4. The van der Waals surface area contributed by atoms with E-state index in [4.69, 9.17) is 37.0 Å². The zero-order chi connectivity index (χ0) is 71.6. The molecule has 0 spiro atoms. The van der Waals surface area contributed by atoms with Crippen molar-refractivity contribution in [3.05, 3.63) is 0 Å². The van der Waals surface area contributed by atoms with Crippen LogP contribution in [0.1, 0.15) is 402 Å². The van der Waals surface area contributed by atoms with E-state index in [0.717, 1.165) is 114 Å². The van der Waals surface area contributed by atoms with Crippen molar-refractivity contribution >= 4 is 39.5 Å². The molecule has 0 heterocycles. The van der Waals surface area contributed by atoms with Gasteiger partial charge in [0.15, 0.2) is 12.2 Å². The number of rotatable bonds is 76. The zero-order valence-electron chi connectivity index (χ0n) is 63.5. The Morgan fingerprint density at radius 3 is 0.784 bits per heavy atom. The summed E-state index contributed by atoms with van der Waals surface area (Å²) in [5, 5.41) is 10.6. The minimum absolute atomic E-state index is 0.107. The third kappa shape index (κ3) is 69.5. The molecule has 0 saturated carbocycles. The van der Waals surface area contributed by atoms with Gasteiger partial charge in [-0.05, 0) is 43.4 Å². The highest BCUT2D eigenvalue weighted by atomic mass is 31.2. The number of hydrogen-bond donors (Lipinski definition) is 3. The molecule has 0 aliphatic carbocycles. The van der Waals surface area contributed by atoms with E-state index in [1.807, 2.05) is 0 Å². The number of ether oxygens (including phenoxy) is 4. The highest BCUT2D eigenvalue weighted by Gasteiger charge is 2.30. The van der Waals surface area contributed by atoms with Crippen molar-refractivity contribution in [2.24, 2.45) is 17.8 Å². The molecule has 0 amide bonds. The summed E-state index contributed by atoms with van der Waals surface area (Å²) in [7, 11) is -9.92. The van der Waals surface area contributed by atoms with Crippen molar-refractivity contribution in [3.8, 4) is 0 Å². The maximum atomic E-state index is 13.1. The van der Waals surface area contributed by atoms with Crippen LogP contribution in [0.2, 0.25) is 0 Å². The zero-order valence-corrected chi connectivity index (χ0v) is 65.3. The van der Waals surface area contributed by atoms with E-state index in [-0.39, 0.29) is 25.7 Å². The number of phosphoric ester groups is 2. The molecule has 0 aliphatic heterocycles. The highest BCUT2D eigenvalue weighted by Crippen LogP contribution is 2.45. The van der Waals surface area contributed by atoms with Gasteiger partial charge in [0.2, 0.25) is 0 Å². The van der Waals surface area contributed by atoms with Crippen molar-refractivity contribution in [2.45, 2.75) is 420 Å². The lowest BCUT2D eigenvalue weighted by atomic mass is 9.99. The maximum absolute atomic E-state index is 13.1. The molecule has 7 atom stereocenters. The second-order valence-corrected chi connectivity index (χ2v) is 32.0. The normalized spacial score (nSPS) is 14.6. The fourth-order valence-electron chi connectivity index (χ4n) is 11.9. The monoisotopic (exact) mass is 1420 g/mol. The minimum atomic E-state index is -4.96. The lowest BCUT2D eigenvalue weighted by molar-refractivity contribution is -0.161. The standard InChI is InChI=1S/C78H152O17P2/c1-8-11-12-13-14-15-16-17-21-28-33-38-47-54-61-78(83)95-74(66-89-76(81)60-53-46-41-40-44-51-58-71(7)10-3)68-93-97(86,87)91-64-72(79)63-90-96(84,85)92-67-73(65-88-75(80)59-52-45-37-32-27-24-23-25-30-35-42-49-56-69(4)5)94-77(82)62-55-48-39-34-29-22-19-18-20-26-31-36-43-50-57-70(6)9-2/h69-74,79H,8-68H2,1-7H3,(H,84,85)(H,86,87)/t70?,71?,72-,73-,74-/m1/s1. The van der Waals surface area contributed by atoms with Gasteiger partial charge >= 0.3 is 39.5 Å². The van der Waals surface area contributed by atoms with Crippen LogP contribution >= 0.6 is 15.6 Å². The Kier molecular flexibility index (Phi) is 67.1. The molecule has 17 nitrogen and oxygen atoms in total. The van der Waals surface area contributed by atoms with Crippen molar-refractivity contribution in [1.29, 1.82) is 0 Å². The Labute approximate surface area is 594 Å². The van der Waals surface area contributed by atoms with E-state index >= 15 is 0 Å². The van der Waals surface area contributed by atoms with Gasteiger partial charge in [0.25, 0.3) is 0 Å². The van der Waals surface area contributed by atoms with E-state index in [9.17, 15) is 43.2 Å². The van der Waals surface area contributed by atoms with Crippen molar-refractivity contribution < 1.29 is 80.2 Å². The third-order valence-corrected chi connectivity index (χ3v) is 20.8. The molecule has 0 rings (SSSR count). The lowest BCUT2D eigenvalue weighted by Crippen LogP contribution is -2.30. The summed E-state index contributed by atoms with van der Waals surface area (Å²) in [4.78, 5) is 72.9. The number of aliphatic hydroxyl groups excluding tert-OH is 1. The summed E-state index contributed by atoms with van der Waals surface area (Å²) in [6.07, 6.45) is 55.3. The third-order valence-electron chi connectivity index (χ3n) is 18.9. The topological polar surface area (TPSA) is 237 Å². The van der Waals surface area contributed by atoms with Crippen LogP contribution in [0, 0.1) is 17.8 Å². The molecule has 0 fully saturated rings. The molecule has 3 N–H and O–H groups in total. The summed E-state index contributed by atoms with van der Waals surface area (Å²) in [6, 6.07) is 0. The van der Waals surface area contributed by atoms with Gasteiger partial charge in [-0.25, -0.2) is 9.13 Å². The predicted octanol–water partition coefficient (Wildman–Crippen LogP) is 23.0. The molecule has 0 bridgehead atoms. The maximum Gasteiger partial charge on any atom is 0.472 e. The largest absolute Gasteiger partial charge is 0.472 e. The van der Waals surface area contributed by atoms with Crippen LogP contribution in [0.4, 0.5) is 0 Å². The van der Waals surface area contributed by atoms with Crippen LogP contribution in [0.5, 0.6) is 0 Å². The average molecular weight is 1420 g/mol. The molecular formula is C78H152O17P2. The Hall–Kier alpha value is -1.94. The molecule has 4 unspecified atom stereocenters. The Morgan fingerprint density at radius 1 is 0.299 bits per heavy atom. The second kappa shape index (κ2) is 68.5. The Bertz CT molecular complexity index is 1890. The first-order valence-electron chi connectivity index (χ1n) is 40.4. The molecule has 576 valence electrons. The minimum Gasteiger partial charge on any atom is -0.462 e. The first-order chi connectivity index (χ1) is 46.8. The Balaban J connectivity index is 5.26. The van der Waals surface area contributed by atoms with Gasteiger partial charge in [0, 0.05) is 25.7 Å². The van der Waals surface area contributed by atoms with Crippen molar-refractivity contribution in [2.75, 3.05) is 39.6 Å². The van der Waals surface area contributed by atoms with E-state index in [0.29, 0.717) is 25.7 Å². The highest BCUT2D eigenvalue weighted by molar-refractivity contribution is 7.47. The number of hydrogen-bond acceptors (Lipinski definition) is 15. The number of carbonyl (C=O) groups is 4. The molecule has 0 aromatic carbocycles. The molecular weight excluding hydrogens is 1270 g/mol. The summed E-state index contributed by atoms with van der Waals surface area (Å²) in [6.45, 7) is 11.9. The van der Waals surface area contributed by atoms with Gasteiger partial charge in [-0.15, -0.1) is 0 Å². The van der Waals surface area contributed by atoms with Gasteiger partial charge in [-0.3, -0.25) is 37.3 Å². The van der Waals surface area contributed by atoms with Crippen LogP contribution in [-0.4, -0.2) is 96.7 Å². The molecule has 19 heteroatoms. The van der Waals surface area contributed by atoms with E-state index in [1.54, 1.807) is 0 Å². The van der Waals surface area contributed by atoms with Crippen molar-refractivity contribution in [1.82, 2.24) is 0 Å². The van der Waals surface area contributed by atoms with Gasteiger partial charge in [-0.2, -0.15) is 0 Å². The Morgan fingerprint density at radius 2 is 0.526 bits per heavy atom. The molecule has 97 heavy (non-hydrogen) atoms.